The minimum Gasteiger partial charge on any atom is -0.497 e. The Kier molecular flexibility index (Phi) is 4.89. The van der Waals surface area contributed by atoms with Crippen LogP contribution in [0.15, 0.2) is 59.7 Å². The largest absolute Gasteiger partial charge is 0.497 e. The third-order valence-electron chi connectivity index (χ3n) is 2.70. The topological polar surface area (TPSA) is 50.7 Å². The Bertz CT molecular complexity index is 594. The van der Waals surface area contributed by atoms with E-state index in [0.29, 0.717) is 6.42 Å². The van der Waals surface area contributed by atoms with Crippen molar-refractivity contribution in [3.63, 3.8) is 0 Å². The maximum absolute atomic E-state index is 11.7. The van der Waals surface area contributed by atoms with Crippen molar-refractivity contribution in [2.24, 2.45) is 5.10 Å². The lowest BCUT2D eigenvalue weighted by atomic mass is 10.1. The first-order chi connectivity index (χ1) is 9.78. The summed E-state index contributed by atoms with van der Waals surface area (Å²) in [5.74, 6) is 0.611. The molecule has 0 radical (unpaired) electrons. The molecular weight excluding hydrogens is 252 g/mol. The van der Waals surface area contributed by atoms with Gasteiger partial charge in [0, 0.05) is 0 Å². The second-order valence-corrected chi connectivity index (χ2v) is 4.23. The number of nitrogens with zero attached hydrogens (tertiary/aromatic N) is 1. The highest BCUT2D eigenvalue weighted by molar-refractivity contribution is 5.83. The van der Waals surface area contributed by atoms with Crippen LogP contribution < -0.4 is 10.2 Å². The third-order valence-corrected chi connectivity index (χ3v) is 2.70. The molecule has 0 aliphatic rings. The van der Waals surface area contributed by atoms with Crippen LogP contribution in [-0.4, -0.2) is 19.2 Å². The number of hydrogen-bond donors (Lipinski definition) is 1. The van der Waals surface area contributed by atoms with Crippen LogP contribution in [0.2, 0.25) is 0 Å². The third kappa shape index (κ3) is 4.24. The molecule has 2 aromatic rings. The van der Waals surface area contributed by atoms with Gasteiger partial charge in [-0.05, 0) is 23.3 Å². The quantitative estimate of drug-likeness (QED) is 0.668. The number of nitrogens with one attached hydrogen (secondary N) is 1. The molecule has 0 saturated carbocycles. The molecule has 0 saturated heterocycles. The van der Waals surface area contributed by atoms with Gasteiger partial charge < -0.3 is 4.74 Å². The van der Waals surface area contributed by atoms with Crippen molar-refractivity contribution in [1.29, 1.82) is 0 Å². The highest BCUT2D eigenvalue weighted by atomic mass is 16.5. The lowest BCUT2D eigenvalue weighted by molar-refractivity contribution is -0.120. The van der Waals surface area contributed by atoms with Crippen LogP contribution in [0.1, 0.15) is 11.1 Å². The molecule has 0 fully saturated rings. The molecular formula is C16H16N2O2. The summed E-state index contributed by atoms with van der Waals surface area (Å²) in [5, 5.41) is 3.93. The Morgan fingerprint density at radius 3 is 2.75 bits per heavy atom. The van der Waals surface area contributed by atoms with Crippen LogP contribution in [0.3, 0.4) is 0 Å². The molecule has 0 aliphatic heterocycles. The van der Waals surface area contributed by atoms with Gasteiger partial charge in [-0.1, -0.05) is 42.5 Å². The van der Waals surface area contributed by atoms with Crippen LogP contribution in [0.4, 0.5) is 0 Å². The molecule has 0 heterocycles. The number of carbonyl (C=O) groups is 1. The Morgan fingerprint density at radius 2 is 2.00 bits per heavy atom. The van der Waals surface area contributed by atoms with Gasteiger partial charge in [-0.15, -0.1) is 0 Å². The van der Waals surface area contributed by atoms with E-state index >= 15 is 0 Å². The molecule has 0 aliphatic carbocycles. The van der Waals surface area contributed by atoms with Crippen LogP contribution in [0, 0.1) is 0 Å². The normalized spacial score (nSPS) is 10.4. The second-order valence-electron chi connectivity index (χ2n) is 4.23. The highest BCUT2D eigenvalue weighted by Crippen LogP contribution is 2.10. The first-order valence-electron chi connectivity index (χ1n) is 6.28. The molecule has 1 N–H and O–H groups in total. The summed E-state index contributed by atoms with van der Waals surface area (Å²) in [7, 11) is 1.61. The van der Waals surface area contributed by atoms with E-state index in [2.05, 4.69) is 10.5 Å². The number of benzene rings is 2. The lowest BCUT2D eigenvalue weighted by Crippen LogP contribution is -2.19. The number of amides is 1. The first-order valence-corrected chi connectivity index (χ1v) is 6.28. The zero-order valence-electron chi connectivity index (χ0n) is 11.2. The van der Waals surface area contributed by atoms with Gasteiger partial charge in [0.2, 0.25) is 5.91 Å². The van der Waals surface area contributed by atoms with Crippen LogP contribution >= 0.6 is 0 Å². The maximum atomic E-state index is 11.7. The number of methoxy groups -OCH3 is 1. The van der Waals surface area contributed by atoms with E-state index in [1.54, 1.807) is 13.3 Å². The van der Waals surface area contributed by atoms with Crippen molar-refractivity contribution < 1.29 is 9.53 Å². The molecule has 20 heavy (non-hydrogen) atoms. The van der Waals surface area contributed by atoms with E-state index in [0.717, 1.165) is 16.9 Å². The summed E-state index contributed by atoms with van der Waals surface area (Å²) < 4.78 is 5.11. The predicted octanol–water partition coefficient (Wildman–Crippen LogP) is 2.39. The fourth-order valence-electron chi connectivity index (χ4n) is 1.72. The van der Waals surface area contributed by atoms with Gasteiger partial charge in [-0.2, -0.15) is 5.10 Å². The summed E-state index contributed by atoms with van der Waals surface area (Å²) in [4.78, 5) is 11.7. The molecule has 2 aromatic carbocycles. The molecule has 0 unspecified atom stereocenters. The van der Waals surface area contributed by atoms with Crippen molar-refractivity contribution in [3.05, 3.63) is 65.7 Å². The van der Waals surface area contributed by atoms with E-state index in [9.17, 15) is 4.79 Å². The average Bonchev–Trinajstić information content (AvgIpc) is 2.48. The van der Waals surface area contributed by atoms with Gasteiger partial charge in [0.1, 0.15) is 5.75 Å². The zero-order valence-corrected chi connectivity index (χ0v) is 11.2. The standard InChI is InChI=1S/C16H16N2O2/c1-20-15-9-5-8-14(10-15)12-17-18-16(19)11-13-6-3-2-4-7-13/h2-10,12H,11H2,1H3,(H,18,19)/b17-12-. The van der Waals surface area contributed by atoms with Crippen molar-refractivity contribution in [2.45, 2.75) is 6.42 Å². The van der Waals surface area contributed by atoms with Crippen LogP contribution in [-0.2, 0) is 11.2 Å². The Hall–Kier alpha value is -2.62. The molecule has 4 nitrogen and oxygen atoms in total. The van der Waals surface area contributed by atoms with Gasteiger partial charge in [0.25, 0.3) is 0 Å². The molecule has 0 bridgehead atoms. The Balaban J connectivity index is 1.88. The van der Waals surface area contributed by atoms with Crippen LogP contribution in [0.5, 0.6) is 5.75 Å². The number of hydrogen-bond acceptors (Lipinski definition) is 3. The molecule has 1 amide bonds. The predicted molar refractivity (Wildman–Crippen MR) is 78.9 cm³/mol. The average molecular weight is 268 g/mol. The van der Waals surface area contributed by atoms with Crippen molar-refractivity contribution in [3.8, 4) is 5.75 Å². The minimum absolute atomic E-state index is 0.143. The van der Waals surface area contributed by atoms with Gasteiger partial charge in [0.15, 0.2) is 0 Å². The van der Waals surface area contributed by atoms with Crippen molar-refractivity contribution in [2.75, 3.05) is 7.11 Å². The maximum Gasteiger partial charge on any atom is 0.244 e. The van der Waals surface area contributed by atoms with E-state index < -0.39 is 0 Å². The summed E-state index contributed by atoms with van der Waals surface area (Å²) in [6.07, 6.45) is 1.90. The molecule has 0 atom stereocenters. The SMILES string of the molecule is COc1cccc(/C=N\NC(=O)Cc2ccccc2)c1. The van der Waals surface area contributed by atoms with Gasteiger partial charge >= 0.3 is 0 Å². The summed E-state index contributed by atoms with van der Waals surface area (Å²) in [6.45, 7) is 0. The number of carbonyl (C=O) groups excluding carboxylic acids is 1. The van der Waals surface area contributed by atoms with E-state index in [1.165, 1.54) is 0 Å². The van der Waals surface area contributed by atoms with Gasteiger partial charge in [-0.3, -0.25) is 4.79 Å². The lowest BCUT2D eigenvalue weighted by Gasteiger charge is -2.01. The van der Waals surface area contributed by atoms with E-state index in [4.69, 9.17) is 4.74 Å². The second kappa shape index (κ2) is 7.09. The first kappa shape index (κ1) is 13.8. The fraction of sp³-hybridized carbons (Fsp3) is 0.125. The Labute approximate surface area is 118 Å². The zero-order chi connectivity index (χ0) is 14.2. The number of ether oxygens (including phenoxy) is 1. The number of hydrazone groups is 1. The monoisotopic (exact) mass is 268 g/mol. The molecule has 2 rings (SSSR count). The summed E-state index contributed by atoms with van der Waals surface area (Å²) in [6, 6.07) is 17.0. The molecule has 0 spiro atoms. The summed E-state index contributed by atoms with van der Waals surface area (Å²) in [5.41, 5.74) is 4.33. The smallest absolute Gasteiger partial charge is 0.244 e. The van der Waals surface area contributed by atoms with Gasteiger partial charge in [0.05, 0.1) is 19.7 Å². The molecule has 0 aromatic heterocycles. The van der Waals surface area contributed by atoms with Gasteiger partial charge in [-0.25, -0.2) is 5.43 Å². The Morgan fingerprint density at radius 1 is 1.20 bits per heavy atom. The van der Waals surface area contributed by atoms with E-state index in [1.807, 2.05) is 54.6 Å². The highest BCUT2D eigenvalue weighted by Gasteiger charge is 2.00. The summed E-state index contributed by atoms with van der Waals surface area (Å²) >= 11 is 0. The van der Waals surface area contributed by atoms with Crippen LogP contribution in [0.25, 0.3) is 0 Å². The van der Waals surface area contributed by atoms with Crippen molar-refractivity contribution >= 4 is 12.1 Å². The molecule has 4 heteroatoms. The fourth-order valence-corrected chi connectivity index (χ4v) is 1.72. The van der Waals surface area contributed by atoms with E-state index in [-0.39, 0.29) is 5.91 Å². The minimum atomic E-state index is -0.143. The van der Waals surface area contributed by atoms with Crippen molar-refractivity contribution in [1.82, 2.24) is 5.43 Å². The molecule has 102 valence electrons. The number of rotatable bonds is 5.